The summed E-state index contributed by atoms with van der Waals surface area (Å²) < 4.78 is 0. The number of benzene rings is 6. The molecule has 1 unspecified atom stereocenters. The lowest BCUT2D eigenvalue weighted by molar-refractivity contribution is 0.756. The smallest absolute Gasteiger partial charge is 0.169 e. The van der Waals surface area contributed by atoms with Crippen LogP contribution in [0.5, 0.6) is 0 Å². The molecule has 0 fully saturated rings. The molecule has 0 bridgehead atoms. The first kappa shape index (κ1) is 25.2. The average Bonchev–Trinajstić information content (AvgIpc) is 3.08. The molecule has 1 N–H and O–H groups in total. The summed E-state index contributed by atoms with van der Waals surface area (Å²) in [6.45, 7) is 0. The predicted octanol–water partition coefficient (Wildman–Crippen LogP) is 8.54. The molecule has 4 nitrogen and oxygen atoms in total. The minimum absolute atomic E-state index is 0.326. The Morgan fingerprint density at radius 2 is 1.12 bits per heavy atom. The van der Waals surface area contributed by atoms with E-state index in [0.717, 1.165) is 50.6 Å². The topological polar surface area (TPSA) is 60.5 Å². The number of nitriles is 1. The fourth-order valence-electron chi connectivity index (χ4n) is 5.39. The number of fused-ring (bicyclic) bond motifs is 1. The van der Waals surface area contributed by atoms with Gasteiger partial charge < -0.3 is 5.32 Å². The highest BCUT2D eigenvalue weighted by atomic mass is 15.2. The molecular weight excluding hydrogens is 512 g/mol. The van der Waals surface area contributed by atoms with E-state index in [1.54, 1.807) is 0 Å². The van der Waals surface area contributed by atoms with Crippen molar-refractivity contribution in [3.8, 4) is 28.3 Å². The summed E-state index contributed by atoms with van der Waals surface area (Å²) in [6, 6.07) is 51.8. The van der Waals surface area contributed by atoms with Gasteiger partial charge in [0.25, 0.3) is 0 Å². The highest BCUT2D eigenvalue weighted by molar-refractivity contribution is 6.16. The van der Waals surface area contributed by atoms with Gasteiger partial charge in [0, 0.05) is 11.1 Å². The largest absolute Gasteiger partial charge is 0.324 e. The second-order valence-electron chi connectivity index (χ2n) is 10.2. The standard InChI is InChI=1S/C38H26N4/c39-25-26-9-7-15-32(23-26)33-22-19-27-14-8-16-34(35(27)24-33)28-17-20-31(21-18-28)38-41-36(29-10-3-1-4-11-29)40-37(42-38)30-12-5-2-6-13-30/h1-24,36H,(H,40,41,42). The highest BCUT2D eigenvalue weighted by Gasteiger charge is 2.20. The van der Waals surface area contributed by atoms with Crippen molar-refractivity contribution in [3.63, 3.8) is 0 Å². The van der Waals surface area contributed by atoms with Gasteiger partial charge in [0.1, 0.15) is 11.7 Å². The van der Waals surface area contributed by atoms with Gasteiger partial charge in [-0.2, -0.15) is 5.26 Å². The van der Waals surface area contributed by atoms with E-state index >= 15 is 0 Å². The maximum atomic E-state index is 9.37. The molecule has 6 aromatic carbocycles. The van der Waals surface area contributed by atoms with E-state index in [-0.39, 0.29) is 6.17 Å². The van der Waals surface area contributed by atoms with Crippen LogP contribution < -0.4 is 5.32 Å². The average molecular weight is 539 g/mol. The summed E-state index contributed by atoms with van der Waals surface area (Å²) in [5.74, 6) is 1.60. The molecule has 0 saturated heterocycles. The van der Waals surface area contributed by atoms with Gasteiger partial charge in [-0.05, 0) is 56.8 Å². The third-order valence-electron chi connectivity index (χ3n) is 7.56. The molecule has 0 radical (unpaired) electrons. The Bertz CT molecular complexity index is 2000. The van der Waals surface area contributed by atoms with Crippen molar-refractivity contribution in [2.75, 3.05) is 0 Å². The van der Waals surface area contributed by atoms with Crippen LogP contribution in [0, 0.1) is 11.3 Å². The van der Waals surface area contributed by atoms with Crippen LogP contribution in [0.4, 0.5) is 0 Å². The van der Waals surface area contributed by atoms with Crippen molar-refractivity contribution >= 4 is 22.4 Å². The molecule has 1 aliphatic heterocycles. The van der Waals surface area contributed by atoms with Crippen LogP contribution in [0.2, 0.25) is 0 Å². The van der Waals surface area contributed by atoms with Crippen LogP contribution in [0.3, 0.4) is 0 Å². The van der Waals surface area contributed by atoms with Crippen molar-refractivity contribution in [2.24, 2.45) is 9.98 Å². The van der Waals surface area contributed by atoms with Crippen molar-refractivity contribution in [1.29, 1.82) is 5.26 Å². The zero-order chi connectivity index (χ0) is 28.3. The maximum Gasteiger partial charge on any atom is 0.169 e. The van der Waals surface area contributed by atoms with E-state index in [4.69, 9.17) is 9.98 Å². The summed E-state index contributed by atoms with van der Waals surface area (Å²) >= 11 is 0. The summed E-state index contributed by atoms with van der Waals surface area (Å²) in [5, 5.41) is 15.2. The van der Waals surface area contributed by atoms with Crippen LogP contribution in [0.15, 0.2) is 156 Å². The van der Waals surface area contributed by atoms with Crippen LogP contribution in [-0.2, 0) is 0 Å². The Labute approximate surface area is 245 Å². The predicted molar refractivity (Wildman–Crippen MR) is 171 cm³/mol. The van der Waals surface area contributed by atoms with Gasteiger partial charge in [0.15, 0.2) is 6.17 Å². The zero-order valence-electron chi connectivity index (χ0n) is 22.8. The molecule has 0 saturated carbocycles. The molecule has 6 aromatic rings. The minimum atomic E-state index is -0.326. The van der Waals surface area contributed by atoms with Gasteiger partial charge in [-0.3, -0.25) is 0 Å². The van der Waals surface area contributed by atoms with Crippen LogP contribution in [-0.4, -0.2) is 11.7 Å². The molecule has 1 aliphatic rings. The summed E-state index contributed by atoms with van der Waals surface area (Å²) in [6.07, 6.45) is -0.326. The highest BCUT2D eigenvalue weighted by Crippen LogP contribution is 2.33. The lowest BCUT2D eigenvalue weighted by atomic mass is 9.94. The van der Waals surface area contributed by atoms with Crippen LogP contribution in [0.1, 0.15) is 28.4 Å². The Morgan fingerprint density at radius 3 is 1.86 bits per heavy atom. The summed E-state index contributed by atoms with van der Waals surface area (Å²) in [7, 11) is 0. The van der Waals surface area contributed by atoms with Crippen molar-refractivity contribution in [1.82, 2.24) is 5.32 Å². The zero-order valence-corrected chi connectivity index (χ0v) is 22.8. The van der Waals surface area contributed by atoms with Gasteiger partial charge in [-0.15, -0.1) is 0 Å². The van der Waals surface area contributed by atoms with E-state index in [2.05, 4.69) is 96.3 Å². The number of rotatable bonds is 5. The van der Waals surface area contributed by atoms with E-state index in [1.807, 2.05) is 60.7 Å². The number of aliphatic imine (C=N–C) groups is 2. The van der Waals surface area contributed by atoms with Crippen LogP contribution >= 0.6 is 0 Å². The molecule has 1 heterocycles. The Kier molecular flexibility index (Phi) is 6.60. The molecule has 1 atom stereocenters. The first-order valence-electron chi connectivity index (χ1n) is 13.9. The fourth-order valence-corrected chi connectivity index (χ4v) is 5.39. The first-order chi connectivity index (χ1) is 20.7. The molecule has 0 amide bonds. The van der Waals surface area contributed by atoms with E-state index in [9.17, 15) is 5.26 Å². The molecular formula is C38H26N4. The molecule has 198 valence electrons. The van der Waals surface area contributed by atoms with Crippen molar-refractivity contribution in [2.45, 2.75) is 6.17 Å². The monoisotopic (exact) mass is 538 g/mol. The van der Waals surface area contributed by atoms with Gasteiger partial charge in [0.2, 0.25) is 0 Å². The molecule has 7 rings (SSSR count). The van der Waals surface area contributed by atoms with E-state index < -0.39 is 0 Å². The third-order valence-corrected chi connectivity index (χ3v) is 7.56. The van der Waals surface area contributed by atoms with Gasteiger partial charge in [-0.1, -0.05) is 127 Å². The third kappa shape index (κ3) is 4.96. The first-order valence-corrected chi connectivity index (χ1v) is 13.9. The van der Waals surface area contributed by atoms with Crippen LogP contribution in [0.25, 0.3) is 33.0 Å². The Morgan fingerprint density at radius 1 is 0.524 bits per heavy atom. The Balaban J connectivity index is 1.25. The van der Waals surface area contributed by atoms with Gasteiger partial charge >= 0.3 is 0 Å². The normalized spacial score (nSPS) is 14.4. The van der Waals surface area contributed by atoms with E-state index in [0.29, 0.717) is 5.56 Å². The minimum Gasteiger partial charge on any atom is -0.324 e. The van der Waals surface area contributed by atoms with Crippen molar-refractivity contribution < 1.29 is 0 Å². The molecule has 0 aliphatic carbocycles. The van der Waals surface area contributed by atoms with Gasteiger partial charge in [-0.25, -0.2) is 9.98 Å². The SMILES string of the molecule is N#Cc1cccc(-c2ccc3cccc(-c4ccc(C5=NC(c6ccccc6)N=C(c6ccccc6)N5)cc4)c3c2)c1. The quantitative estimate of drug-likeness (QED) is 0.239. The summed E-state index contributed by atoms with van der Waals surface area (Å²) in [5.41, 5.74) is 8.13. The van der Waals surface area contributed by atoms with Gasteiger partial charge in [0.05, 0.1) is 11.6 Å². The Hall–Kier alpha value is -5.79. The summed E-state index contributed by atoms with van der Waals surface area (Å²) in [4.78, 5) is 9.95. The maximum absolute atomic E-state index is 9.37. The lowest BCUT2D eigenvalue weighted by Gasteiger charge is -2.22. The number of hydrogen-bond donors (Lipinski definition) is 1. The van der Waals surface area contributed by atoms with Crippen molar-refractivity contribution in [3.05, 3.63) is 168 Å². The lowest BCUT2D eigenvalue weighted by Crippen LogP contribution is -2.36. The van der Waals surface area contributed by atoms with E-state index in [1.165, 1.54) is 10.8 Å². The number of nitrogens with one attached hydrogen (secondary N) is 1. The second-order valence-corrected chi connectivity index (χ2v) is 10.2. The molecule has 0 spiro atoms. The number of amidine groups is 2. The second kappa shape index (κ2) is 11.0. The number of hydrogen-bond acceptors (Lipinski definition) is 4. The number of nitrogens with zero attached hydrogens (tertiary/aromatic N) is 3. The molecule has 4 heteroatoms. The molecule has 0 aromatic heterocycles. The fraction of sp³-hybridized carbons (Fsp3) is 0.0263. The molecule has 42 heavy (non-hydrogen) atoms.